The van der Waals surface area contributed by atoms with E-state index in [0.717, 1.165) is 27.1 Å². The van der Waals surface area contributed by atoms with Gasteiger partial charge in [-0.25, -0.2) is 4.98 Å². The summed E-state index contributed by atoms with van der Waals surface area (Å²) in [5.41, 5.74) is 1.50. The Kier molecular flexibility index (Phi) is 1.91. The standard InChI is InChI=1S/C15H8ClNO/c16-10-7-13-12-6-5-9-3-1-2-4-11(9)14(12)18-15(13)17-8-10/h1-8H. The van der Waals surface area contributed by atoms with Gasteiger partial charge in [0.2, 0.25) is 5.71 Å². The van der Waals surface area contributed by atoms with E-state index < -0.39 is 0 Å². The van der Waals surface area contributed by atoms with Gasteiger partial charge in [-0.2, -0.15) is 0 Å². The first-order chi connectivity index (χ1) is 8.83. The topological polar surface area (TPSA) is 26.0 Å². The average Bonchev–Trinajstić information content (AvgIpc) is 2.77. The number of fused-ring (bicyclic) bond motifs is 5. The number of furan rings is 1. The number of hydrogen-bond donors (Lipinski definition) is 0. The molecule has 2 nitrogen and oxygen atoms in total. The van der Waals surface area contributed by atoms with Crippen molar-refractivity contribution in [3.63, 3.8) is 0 Å². The van der Waals surface area contributed by atoms with Crippen LogP contribution in [0.15, 0.2) is 53.1 Å². The van der Waals surface area contributed by atoms with Crippen LogP contribution in [0, 0.1) is 0 Å². The number of pyridine rings is 1. The summed E-state index contributed by atoms with van der Waals surface area (Å²) >= 11 is 5.99. The minimum Gasteiger partial charge on any atom is -0.437 e. The monoisotopic (exact) mass is 253 g/mol. The molecule has 2 aromatic heterocycles. The van der Waals surface area contributed by atoms with Gasteiger partial charge in [0.05, 0.1) is 5.02 Å². The number of nitrogens with zero attached hydrogens (tertiary/aromatic N) is 1. The van der Waals surface area contributed by atoms with Crippen LogP contribution < -0.4 is 0 Å². The van der Waals surface area contributed by atoms with Crippen LogP contribution in [-0.4, -0.2) is 4.98 Å². The van der Waals surface area contributed by atoms with Gasteiger partial charge in [0.15, 0.2) is 0 Å². The van der Waals surface area contributed by atoms with E-state index in [-0.39, 0.29) is 0 Å². The first-order valence-corrected chi connectivity index (χ1v) is 6.06. The molecule has 4 aromatic rings. The minimum atomic E-state index is 0.623. The van der Waals surface area contributed by atoms with E-state index in [1.54, 1.807) is 6.20 Å². The Morgan fingerprint density at radius 3 is 2.78 bits per heavy atom. The molecule has 0 saturated carbocycles. The van der Waals surface area contributed by atoms with Crippen LogP contribution in [0.4, 0.5) is 0 Å². The summed E-state index contributed by atoms with van der Waals surface area (Å²) in [6.07, 6.45) is 1.61. The van der Waals surface area contributed by atoms with Crippen LogP contribution in [-0.2, 0) is 0 Å². The van der Waals surface area contributed by atoms with Crippen molar-refractivity contribution in [2.24, 2.45) is 0 Å². The van der Waals surface area contributed by atoms with Gasteiger partial charge < -0.3 is 4.42 Å². The summed E-state index contributed by atoms with van der Waals surface area (Å²) in [6, 6.07) is 14.2. The molecule has 0 bridgehead atoms. The van der Waals surface area contributed by atoms with E-state index in [1.807, 2.05) is 18.2 Å². The summed E-state index contributed by atoms with van der Waals surface area (Å²) in [4.78, 5) is 4.23. The number of halogens is 1. The van der Waals surface area contributed by atoms with Gasteiger partial charge in [-0.15, -0.1) is 0 Å². The zero-order valence-corrected chi connectivity index (χ0v) is 10.1. The second-order valence-corrected chi connectivity index (χ2v) is 4.71. The van der Waals surface area contributed by atoms with Crippen LogP contribution in [0.2, 0.25) is 5.02 Å². The van der Waals surface area contributed by atoms with Crippen molar-refractivity contribution in [2.45, 2.75) is 0 Å². The Morgan fingerprint density at radius 1 is 0.944 bits per heavy atom. The largest absolute Gasteiger partial charge is 0.437 e. The van der Waals surface area contributed by atoms with Gasteiger partial charge in [0.25, 0.3) is 0 Å². The molecule has 0 unspecified atom stereocenters. The molecular weight excluding hydrogens is 246 g/mol. The van der Waals surface area contributed by atoms with E-state index in [4.69, 9.17) is 16.0 Å². The van der Waals surface area contributed by atoms with E-state index in [1.165, 1.54) is 0 Å². The number of rotatable bonds is 0. The number of hydrogen-bond acceptors (Lipinski definition) is 2. The smallest absolute Gasteiger partial charge is 0.227 e. The molecule has 0 atom stereocenters. The zero-order chi connectivity index (χ0) is 12.1. The molecule has 0 saturated heterocycles. The minimum absolute atomic E-state index is 0.623. The Hall–Kier alpha value is -2.06. The fourth-order valence-electron chi connectivity index (χ4n) is 2.36. The molecule has 86 valence electrons. The van der Waals surface area contributed by atoms with Gasteiger partial charge in [-0.3, -0.25) is 0 Å². The highest BCUT2D eigenvalue weighted by atomic mass is 35.5. The van der Waals surface area contributed by atoms with Crippen molar-refractivity contribution < 1.29 is 4.42 Å². The van der Waals surface area contributed by atoms with Crippen molar-refractivity contribution in [1.29, 1.82) is 0 Å². The maximum atomic E-state index is 5.99. The second kappa shape index (κ2) is 3.47. The molecule has 0 aliphatic carbocycles. The van der Waals surface area contributed by atoms with Gasteiger partial charge in [0.1, 0.15) is 5.58 Å². The summed E-state index contributed by atoms with van der Waals surface area (Å²) in [5.74, 6) is 0. The normalized spacial score (nSPS) is 11.6. The van der Waals surface area contributed by atoms with Crippen LogP contribution in [0.25, 0.3) is 32.8 Å². The van der Waals surface area contributed by atoms with Crippen molar-refractivity contribution in [3.05, 3.63) is 53.7 Å². The van der Waals surface area contributed by atoms with Crippen molar-refractivity contribution >= 4 is 44.4 Å². The van der Waals surface area contributed by atoms with E-state index in [9.17, 15) is 0 Å². The first-order valence-electron chi connectivity index (χ1n) is 5.68. The third kappa shape index (κ3) is 1.27. The summed E-state index contributed by atoms with van der Waals surface area (Å²) in [5, 5.41) is 4.90. The molecule has 18 heavy (non-hydrogen) atoms. The molecule has 0 spiro atoms. The quantitative estimate of drug-likeness (QED) is 0.450. The van der Waals surface area contributed by atoms with E-state index in [2.05, 4.69) is 29.2 Å². The fourth-order valence-corrected chi connectivity index (χ4v) is 2.52. The highest BCUT2D eigenvalue weighted by molar-refractivity contribution is 6.31. The third-order valence-electron chi connectivity index (χ3n) is 3.19. The SMILES string of the molecule is Clc1cnc2oc3c4ccccc4ccc3c2c1. The molecule has 4 rings (SSSR count). The van der Waals surface area contributed by atoms with Crippen LogP contribution >= 0.6 is 11.6 Å². The van der Waals surface area contributed by atoms with Crippen LogP contribution in [0.5, 0.6) is 0 Å². The predicted molar refractivity (Wildman–Crippen MR) is 74.0 cm³/mol. The maximum Gasteiger partial charge on any atom is 0.227 e. The third-order valence-corrected chi connectivity index (χ3v) is 3.39. The molecule has 3 heteroatoms. The molecule has 0 aliphatic heterocycles. The Balaban J connectivity index is 2.30. The molecule has 0 N–H and O–H groups in total. The fraction of sp³-hybridized carbons (Fsp3) is 0. The van der Waals surface area contributed by atoms with Gasteiger partial charge in [-0.05, 0) is 17.5 Å². The predicted octanol–water partition coefficient (Wildman–Crippen LogP) is 4.79. The number of aromatic nitrogens is 1. The Morgan fingerprint density at radius 2 is 1.83 bits per heavy atom. The lowest BCUT2D eigenvalue weighted by atomic mass is 10.1. The van der Waals surface area contributed by atoms with Crippen molar-refractivity contribution in [2.75, 3.05) is 0 Å². The molecule has 0 amide bonds. The zero-order valence-electron chi connectivity index (χ0n) is 9.35. The highest BCUT2D eigenvalue weighted by Crippen LogP contribution is 2.33. The Labute approximate surface area is 108 Å². The van der Waals surface area contributed by atoms with Crippen molar-refractivity contribution in [3.8, 4) is 0 Å². The van der Waals surface area contributed by atoms with E-state index in [0.29, 0.717) is 10.7 Å². The van der Waals surface area contributed by atoms with Crippen molar-refractivity contribution in [1.82, 2.24) is 4.98 Å². The average molecular weight is 254 g/mol. The maximum absolute atomic E-state index is 5.99. The molecule has 0 aliphatic rings. The second-order valence-electron chi connectivity index (χ2n) is 4.27. The van der Waals surface area contributed by atoms with Gasteiger partial charge in [0, 0.05) is 22.4 Å². The molecular formula is C15H8ClNO. The first kappa shape index (κ1) is 9.92. The van der Waals surface area contributed by atoms with Crippen LogP contribution in [0.3, 0.4) is 0 Å². The Bertz CT molecular complexity index is 895. The lowest BCUT2D eigenvalue weighted by Crippen LogP contribution is -1.73. The molecule has 2 heterocycles. The summed E-state index contributed by atoms with van der Waals surface area (Å²) < 4.78 is 5.85. The summed E-state index contributed by atoms with van der Waals surface area (Å²) in [6.45, 7) is 0. The molecule has 2 aromatic carbocycles. The van der Waals surface area contributed by atoms with Gasteiger partial charge in [-0.1, -0.05) is 41.9 Å². The van der Waals surface area contributed by atoms with Gasteiger partial charge >= 0.3 is 0 Å². The van der Waals surface area contributed by atoms with E-state index >= 15 is 0 Å². The highest BCUT2D eigenvalue weighted by Gasteiger charge is 2.10. The molecule has 0 fully saturated rings. The lowest BCUT2D eigenvalue weighted by molar-refractivity contribution is 0.657. The summed E-state index contributed by atoms with van der Waals surface area (Å²) in [7, 11) is 0. The lowest BCUT2D eigenvalue weighted by Gasteiger charge is -1.96. The van der Waals surface area contributed by atoms with Crippen LogP contribution in [0.1, 0.15) is 0 Å². The molecule has 0 radical (unpaired) electrons. The number of benzene rings is 2.